The van der Waals surface area contributed by atoms with Gasteiger partial charge in [0.2, 0.25) is 0 Å². The molecule has 0 spiro atoms. The molecule has 0 saturated carbocycles. The number of benzene rings is 3. The Labute approximate surface area is 193 Å². The van der Waals surface area contributed by atoms with E-state index in [0.717, 1.165) is 15.5 Å². The van der Waals surface area contributed by atoms with Crippen molar-refractivity contribution >= 4 is 44.2 Å². The summed E-state index contributed by atoms with van der Waals surface area (Å²) in [7, 11) is 5.89. The molecule has 1 heterocycles. The number of carbonyl (C=O) groups is 2. The normalized spacial score (nSPS) is 11.6. The van der Waals surface area contributed by atoms with Gasteiger partial charge in [-0.15, -0.1) is 0 Å². The van der Waals surface area contributed by atoms with Gasteiger partial charge >= 0.3 is 5.97 Å². The lowest BCUT2D eigenvalue weighted by Crippen LogP contribution is -2.22. The predicted molar refractivity (Wildman–Crippen MR) is 125 cm³/mol. The largest absolute Gasteiger partial charge is 0.496 e. The van der Waals surface area contributed by atoms with Crippen LogP contribution >= 0.6 is 11.3 Å². The van der Waals surface area contributed by atoms with E-state index in [1.165, 1.54) is 32.7 Å². The summed E-state index contributed by atoms with van der Waals surface area (Å²) in [5.74, 6) is 0.496. The molecular formula is C24H22N2O6S. The van der Waals surface area contributed by atoms with E-state index in [1.807, 2.05) is 24.3 Å². The Kier molecular flexibility index (Phi) is 6.32. The molecule has 170 valence electrons. The van der Waals surface area contributed by atoms with Crippen molar-refractivity contribution in [3.05, 3.63) is 58.9 Å². The lowest BCUT2D eigenvalue weighted by Gasteiger charge is -2.09. The molecule has 9 heteroatoms. The maximum atomic E-state index is 13.2. The maximum Gasteiger partial charge on any atom is 0.325 e. The average Bonchev–Trinajstić information content (AvgIpc) is 3.17. The molecule has 33 heavy (non-hydrogen) atoms. The maximum absolute atomic E-state index is 13.2. The fourth-order valence-electron chi connectivity index (χ4n) is 3.53. The number of rotatable bonds is 6. The summed E-state index contributed by atoms with van der Waals surface area (Å²) in [6.45, 7) is -0.118. The van der Waals surface area contributed by atoms with Gasteiger partial charge in [0.15, 0.2) is 16.3 Å². The van der Waals surface area contributed by atoms with E-state index in [9.17, 15) is 9.59 Å². The molecule has 4 rings (SSSR count). The van der Waals surface area contributed by atoms with Crippen molar-refractivity contribution in [3.8, 4) is 17.2 Å². The molecule has 0 saturated heterocycles. The van der Waals surface area contributed by atoms with Crippen LogP contribution in [0.2, 0.25) is 0 Å². The van der Waals surface area contributed by atoms with Crippen LogP contribution in [0.3, 0.4) is 0 Å². The Morgan fingerprint density at radius 1 is 0.879 bits per heavy atom. The van der Waals surface area contributed by atoms with Gasteiger partial charge in [-0.25, -0.2) is 0 Å². The standard InChI is InChI=1S/C24H22N2O6S/c1-29-18-10-15-8-6-5-7-14(15)9-16(18)23(28)25-24-26(13-22(27)32-4)17-11-19(30-2)20(31-3)12-21(17)33-24/h5-12H,13H2,1-4H3. The minimum atomic E-state index is -0.485. The van der Waals surface area contributed by atoms with Crippen LogP contribution in [0.5, 0.6) is 17.2 Å². The van der Waals surface area contributed by atoms with Gasteiger partial charge in [-0.1, -0.05) is 35.6 Å². The third-order valence-electron chi connectivity index (χ3n) is 5.20. The van der Waals surface area contributed by atoms with Gasteiger partial charge in [0.1, 0.15) is 12.3 Å². The van der Waals surface area contributed by atoms with E-state index in [1.54, 1.807) is 35.9 Å². The fourth-order valence-corrected chi connectivity index (χ4v) is 4.57. The first kappa shape index (κ1) is 22.3. The van der Waals surface area contributed by atoms with Gasteiger partial charge in [0.05, 0.1) is 44.2 Å². The molecule has 1 amide bonds. The molecule has 0 bridgehead atoms. The number of fused-ring (bicyclic) bond motifs is 2. The molecule has 0 unspecified atom stereocenters. The summed E-state index contributed by atoms with van der Waals surface area (Å²) < 4.78 is 23.5. The zero-order valence-corrected chi connectivity index (χ0v) is 19.4. The molecular weight excluding hydrogens is 444 g/mol. The van der Waals surface area contributed by atoms with Crippen molar-refractivity contribution in [2.45, 2.75) is 6.54 Å². The van der Waals surface area contributed by atoms with Gasteiger partial charge in [0, 0.05) is 12.1 Å². The summed E-state index contributed by atoms with van der Waals surface area (Å²) in [6, 6.07) is 14.8. The number of carbonyl (C=O) groups excluding carboxylic acids is 2. The van der Waals surface area contributed by atoms with Gasteiger partial charge < -0.3 is 23.5 Å². The van der Waals surface area contributed by atoms with Crippen molar-refractivity contribution in [1.29, 1.82) is 0 Å². The van der Waals surface area contributed by atoms with E-state index in [4.69, 9.17) is 18.9 Å². The zero-order chi connectivity index (χ0) is 23.5. The Morgan fingerprint density at radius 3 is 2.15 bits per heavy atom. The minimum absolute atomic E-state index is 0.118. The summed E-state index contributed by atoms with van der Waals surface area (Å²) in [5.41, 5.74) is 0.994. The second-order valence-corrected chi connectivity index (χ2v) is 8.05. The van der Waals surface area contributed by atoms with Crippen LogP contribution < -0.4 is 19.0 Å². The Morgan fingerprint density at radius 2 is 1.52 bits per heavy atom. The topological polar surface area (TPSA) is 88.4 Å². The lowest BCUT2D eigenvalue weighted by atomic mass is 10.1. The molecule has 8 nitrogen and oxygen atoms in total. The summed E-state index contributed by atoms with van der Waals surface area (Å²) in [4.78, 5) is 30.1. The van der Waals surface area contributed by atoms with Crippen LogP contribution in [0, 0.1) is 0 Å². The number of esters is 1. The SMILES string of the molecule is COC(=O)Cn1c(=NC(=O)c2cc3ccccc3cc2OC)sc2cc(OC)c(OC)cc21. The number of methoxy groups -OCH3 is 4. The Bertz CT molecular complexity index is 1440. The molecule has 0 atom stereocenters. The number of aromatic nitrogens is 1. The third-order valence-corrected chi connectivity index (χ3v) is 6.24. The first-order valence-electron chi connectivity index (χ1n) is 9.97. The van der Waals surface area contributed by atoms with Crippen molar-refractivity contribution in [3.63, 3.8) is 0 Å². The molecule has 0 aliphatic heterocycles. The van der Waals surface area contributed by atoms with E-state index >= 15 is 0 Å². The van der Waals surface area contributed by atoms with Crippen molar-refractivity contribution in [2.24, 2.45) is 4.99 Å². The molecule has 0 radical (unpaired) electrons. The van der Waals surface area contributed by atoms with Crippen molar-refractivity contribution in [1.82, 2.24) is 4.57 Å². The van der Waals surface area contributed by atoms with E-state index < -0.39 is 11.9 Å². The summed E-state index contributed by atoms with van der Waals surface area (Å²) >= 11 is 1.26. The van der Waals surface area contributed by atoms with Crippen LogP contribution in [-0.2, 0) is 16.1 Å². The van der Waals surface area contributed by atoms with Crippen LogP contribution in [-0.4, -0.2) is 44.9 Å². The number of nitrogens with zero attached hydrogens (tertiary/aromatic N) is 2. The molecule has 0 aliphatic rings. The van der Waals surface area contributed by atoms with Gasteiger partial charge in [-0.2, -0.15) is 4.99 Å². The third kappa shape index (κ3) is 4.27. The highest BCUT2D eigenvalue weighted by molar-refractivity contribution is 7.16. The Hall–Kier alpha value is -3.85. The monoisotopic (exact) mass is 466 g/mol. The first-order chi connectivity index (χ1) is 16.0. The molecule has 1 aromatic heterocycles. The van der Waals surface area contributed by atoms with E-state index in [0.29, 0.717) is 33.1 Å². The summed E-state index contributed by atoms with van der Waals surface area (Å²) in [6.07, 6.45) is 0. The molecule has 4 aromatic rings. The van der Waals surface area contributed by atoms with Crippen LogP contribution in [0.4, 0.5) is 0 Å². The second-order valence-electron chi connectivity index (χ2n) is 7.04. The lowest BCUT2D eigenvalue weighted by molar-refractivity contribution is -0.141. The van der Waals surface area contributed by atoms with E-state index in [-0.39, 0.29) is 6.54 Å². The van der Waals surface area contributed by atoms with Crippen molar-refractivity contribution in [2.75, 3.05) is 28.4 Å². The van der Waals surface area contributed by atoms with Crippen LogP contribution in [0.15, 0.2) is 53.5 Å². The predicted octanol–water partition coefficient (Wildman–Crippen LogP) is 3.80. The fraction of sp³-hybridized carbons (Fsp3) is 0.208. The van der Waals surface area contributed by atoms with Crippen molar-refractivity contribution < 1.29 is 28.5 Å². The number of thiazole rings is 1. The number of amides is 1. The molecule has 0 N–H and O–H groups in total. The highest BCUT2D eigenvalue weighted by Crippen LogP contribution is 2.33. The second kappa shape index (κ2) is 9.33. The average molecular weight is 467 g/mol. The highest BCUT2D eigenvalue weighted by Gasteiger charge is 2.18. The van der Waals surface area contributed by atoms with Crippen LogP contribution in [0.1, 0.15) is 10.4 Å². The molecule has 0 aliphatic carbocycles. The minimum Gasteiger partial charge on any atom is -0.496 e. The first-order valence-corrected chi connectivity index (χ1v) is 10.8. The number of hydrogen-bond acceptors (Lipinski definition) is 7. The number of hydrogen-bond donors (Lipinski definition) is 0. The Balaban J connectivity index is 1.91. The molecule has 0 fully saturated rings. The number of ether oxygens (including phenoxy) is 4. The summed E-state index contributed by atoms with van der Waals surface area (Å²) in [5, 5.41) is 1.85. The van der Waals surface area contributed by atoms with Gasteiger partial charge in [0.25, 0.3) is 5.91 Å². The van der Waals surface area contributed by atoms with E-state index in [2.05, 4.69) is 4.99 Å². The van der Waals surface area contributed by atoms with Crippen LogP contribution in [0.25, 0.3) is 21.0 Å². The molecule has 3 aromatic carbocycles. The smallest absolute Gasteiger partial charge is 0.325 e. The van der Waals surface area contributed by atoms with Gasteiger partial charge in [-0.05, 0) is 22.9 Å². The highest BCUT2D eigenvalue weighted by atomic mass is 32.1. The van der Waals surface area contributed by atoms with Gasteiger partial charge in [-0.3, -0.25) is 9.59 Å². The zero-order valence-electron chi connectivity index (χ0n) is 18.6. The quantitative estimate of drug-likeness (QED) is 0.402.